The molecule has 1 fully saturated rings. The van der Waals surface area contributed by atoms with Crippen molar-refractivity contribution in [3.05, 3.63) is 35.6 Å². The number of methoxy groups -OCH3 is 1. The lowest BCUT2D eigenvalue weighted by Gasteiger charge is -2.36. The quantitative estimate of drug-likeness (QED) is 0.682. The molecule has 0 radical (unpaired) electrons. The molecule has 1 aromatic rings. The second-order valence-electron chi connectivity index (χ2n) is 8.03. The number of piperidine rings is 1. The highest BCUT2D eigenvalue weighted by Gasteiger charge is 2.34. The molecule has 1 heterocycles. The van der Waals surface area contributed by atoms with E-state index in [0.717, 1.165) is 12.8 Å². The van der Waals surface area contributed by atoms with Crippen molar-refractivity contribution in [3.8, 4) is 0 Å². The van der Waals surface area contributed by atoms with Crippen molar-refractivity contribution >= 4 is 11.8 Å². The first-order chi connectivity index (χ1) is 13.8. The minimum atomic E-state index is -0.792. The van der Waals surface area contributed by atoms with E-state index in [1.165, 1.54) is 12.1 Å². The SMILES string of the molecule is COCC1CCCN(C(=O)C(NC(=O)C(C)C)C(C)OCc2cccc(F)c2)C1. The zero-order chi connectivity index (χ0) is 21.4. The third kappa shape index (κ3) is 7.08. The Hall–Kier alpha value is -1.99. The molecule has 0 bridgehead atoms. The number of hydrogen-bond donors (Lipinski definition) is 1. The highest BCUT2D eigenvalue weighted by molar-refractivity contribution is 5.88. The third-order valence-electron chi connectivity index (χ3n) is 5.19. The normalized spacial score (nSPS) is 19.1. The molecule has 29 heavy (non-hydrogen) atoms. The Morgan fingerprint density at radius 3 is 2.72 bits per heavy atom. The fourth-order valence-electron chi connectivity index (χ4n) is 3.48. The van der Waals surface area contributed by atoms with Gasteiger partial charge >= 0.3 is 0 Å². The molecule has 162 valence electrons. The molecule has 2 amide bonds. The van der Waals surface area contributed by atoms with Gasteiger partial charge in [0.1, 0.15) is 11.9 Å². The number of carbonyl (C=O) groups is 2. The minimum absolute atomic E-state index is 0.147. The first-order valence-corrected chi connectivity index (χ1v) is 10.3. The number of nitrogens with zero attached hydrogens (tertiary/aromatic N) is 1. The van der Waals surface area contributed by atoms with Gasteiger partial charge in [-0.05, 0) is 43.4 Å². The number of halogens is 1. The van der Waals surface area contributed by atoms with E-state index in [1.807, 2.05) is 0 Å². The smallest absolute Gasteiger partial charge is 0.247 e. The predicted molar refractivity (Wildman–Crippen MR) is 109 cm³/mol. The van der Waals surface area contributed by atoms with Crippen LogP contribution >= 0.6 is 0 Å². The van der Waals surface area contributed by atoms with Crippen LogP contribution in [0.5, 0.6) is 0 Å². The second kappa shape index (κ2) is 11.3. The summed E-state index contributed by atoms with van der Waals surface area (Å²) in [7, 11) is 1.66. The van der Waals surface area contributed by atoms with Crippen molar-refractivity contribution < 1.29 is 23.5 Å². The van der Waals surface area contributed by atoms with E-state index < -0.39 is 12.1 Å². The maximum absolute atomic E-state index is 13.4. The molecule has 0 saturated carbocycles. The summed E-state index contributed by atoms with van der Waals surface area (Å²) in [6.07, 6.45) is 1.37. The Balaban J connectivity index is 2.08. The summed E-state index contributed by atoms with van der Waals surface area (Å²) in [5.74, 6) is -0.635. The summed E-state index contributed by atoms with van der Waals surface area (Å²) in [6.45, 7) is 7.36. The van der Waals surface area contributed by atoms with Crippen LogP contribution in [0.2, 0.25) is 0 Å². The van der Waals surface area contributed by atoms with Gasteiger partial charge in [-0.1, -0.05) is 26.0 Å². The number of benzene rings is 1. The molecular formula is C22H33FN2O4. The monoisotopic (exact) mass is 408 g/mol. The van der Waals surface area contributed by atoms with Crippen molar-refractivity contribution in [3.63, 3.8) is 0 Å². The van der Waals surface area contributed by atoms with Gasteiger partial charge in [0.25, 0.3) is 0 Å². The first kappa shape index (κ1) is 23.3. The maximum atomic E-state index is 13.4. The lowest BCUT2D eigenvalue weighted by atomic mass is 9.97. The van der Waals surface area contributed by atoms with E-state index in [9.17, 15) is 14.0 Å². The fraction of sp³-hybridized carbons (Fsp3) is 0.636. The topological polar surface area (TPSA) is 67.9 Å². The van der Waals surface area contributed by atoms with Gasteiger partial charge in [-0.15, -0.1) is 0 Å². The van der Waals surface area contributed by atoms with Crippen LogP contribution in [0.3, 0.4) is 0 Å². The Morgan fingerprint density at radius 2 is 2.07 bits per heavy atom. The number of likely N-dealkylation sites (tertiary alicyclic amines) is 1. The standard InChI is InChI=1S/C22H33FN2O4/c1-15(2)21(26)24-20(16(3)29-14-17-7-5-9-19(23)11-17)22(27)25-10-6-8-18(12-25)13-28-4/h5,7,9,11,15-16,18,20H,6,8,10,12-14H2,1-4H3,(H,24,26). The van der Waals surface area contributed by atoms with Gasteiger partial charge in [-0.2, -0.15) is 0 Å². The zero-order valence-corrected chi connectivity index (χ0v) is 17.8. The van der Waals surface area contributed by atoms with Gasteiger partial charge in [0, 0.05) is 26.1 Å². The van der Waals surface area contributed by atoms with E-state index in [2.05, 4.69) is 5.32 Å². The first-order valence-electron chi connectivity index (χ1n) is 10.3. The second-order valence-corrected chi connectivity index (χ2v) is 8.03. The number of nitrogens with one attached hydrogen (secondary N) is 1. The van der Waals surface area contributed by atoms with Crippen LogP contribution in [-0.4, -0.2) is 55.7 Å². The molecule has 0 aromatic heterocycles. The van der Waals surface area contributed by atoms with Gasteiger partial charge < -0.3 is 19.7 Å². The van der Waals surface area contributed by atoms with Crippen LogP contribution in [0.25, 0.3) is 0 Å². The molecule has 1 aliphatic rings. The molecule has 1 saturated heterocycles. The van der Waals surface area contributed by atoms with Crippen LogP contribution < -0.4 is 5.32 Å². The molecule has 1 N–H and O–H groups in total. The van der Waals surface area contributed by atoms with Crippen LogP contribution in [0.15, 0.2) is 24.3 Å². The van der Waals surface area contributed by atoms with Crippen molar-refractivity contribution in [2.45, 2.75) is 52.4 Å². The Morgan fingerprint density at radius 1 is 1.31 bits per heavy atom. The van der Waals surface area contributed by atoms with Gasteiger partial charge in [-0.25, -0.2) is 4.39 Å². The molecule has 0 aliphatic carbocycles. The van der Waals surface area contributed by atoms with E-state index in [4.69, 9.17) is 9.47 Å². The average Bonchev–Trinajstić information content (AvgIpc) is 2.70. The van der Waals surface area contributed by atoms with Crippen LogP contribution in [0.4, 0.5) is 4.39 Å². The number of hydrogen-bond acceptors (Lipinski definition) is 4. The van der Waals surface area contributed by atoms with Crippen molar-refractivity contribution in [1.82, 2.24) is 10.2 Å². The molecule has 2 rings (SSSR count). The van der Waals surface area contributed by atoms with Gasteiger partial charge in [0.2, 0.25) is 11.8 Å². The number of amides is 2. The summed E-state index contributed by atoms with van der Waals surface area (Å²) >= 11 is 0. The molecule has 6 nitrogen and oxygen atoms in total. The van der Waals surface area contributed by atoms with Gasteiger partial charge in [0.15, 0.2) is 0 Å². The maximum Gasteiger partial charge on any atom is 0.247 e. The number of ether oxygens (including phenoxy) is 2. The van der Waals surface area contributed by atoms with Crippen LogP contribution in [-0.2, 0) is 25.7 Å². The highest BCUT2D eigenvalue weighted by atomic mass is 19.1. The van der Waals surface area contributed by atoms with E-state index in [0.29, 0.717) is 31.2 Å². The molecule has 3 atom stereocenters. The van der Waals surface area contributed by atoms with Crippen molar-refractivity contribution in [1.29, 1.82) is 0 Å². The molecule has 7 heteroatoms. The zero-order valence-electron chi connectivity index (χ0n) is 17.8. The predicted octanol–water partition coefficient (Wildman–Crippen LogP) is 2.76. The summed E-state index contributed by atoms with van der Waals surface area (Å²) in [4.78, 5) is 27.4. The summed E-state index contributed by atoms with van der Waals surface area (Å²) in [6, 6.07) is 5.36. The van der Waals surface area contributed by atoms with Crippen molar-refractivity contribution in [2.75, 3.05) is 26.8 Å². The number of rotatable bonds is 9. The van der Waals surface area contributed by atoms with Crippen molar-refractivity contribution in [2.24, 2.45) is 11.8 Å². The van der Waals surface area contributed by atoms with E-state index in [1.54, 1.807) is 44.9 Å². The highest BCUT2D eigenvalue weighted by Crippen LogP contribution is 2.19. The van der Waals surface area contributed by atoms with Gasteiger partial charge in [0.05, 0.1) is 19.3 Å². The Bertz CT molecular complexity index is 681. The molecular weight excluding hydrogens is 375 g/mol. The minimum Gasteiger partial charge on any atom is -0.384 e. The lowest BCUT2D eigenvalue weighted by Crippen LogP contribution is -2.56. The third-order valence-corrected chi connectivity index (χ3v) is 5.19. The van der Waals surface area contributed by atoms with Crippen LogP contribution in [0.1, 0.15) is 39.2 Å². The average molecular weight is 409 g/mol. The summed E-state index contributed by atoms with van der Waals surface area (Å²) in [5, 5.41) is 2.85. The largest absolute Gasteiger partial charge is 0.384 e. The Kier molecular flexibility index (Phi) is 9.04. The lowest BCUT2D eigenvalue weighted by molar-refractivity contribution is -0.143. The number of carbonyl (C=O) groups excluding carboxylic acids is 2. The van der Waals surface area contributed by atoms with Gasteiger partial charge in [-0.3, -0.25) is 9.59 Å². The van der Waals surface area contributed by atoms with Crippen LogP contribution in [0, 0.1) is 17.7 Å². The molecule has 1 aromatic carbocycles. The fourth-order valence-corrected chi connectivity index (χ4v) is 3.48. The Labute approximate surface area is 172 Å². The summed E-state index contributed by atoms with van der Waals surface area (Å²) < 4.78 is 24.5. The molecule has 0 spiro atoms. The van der Waals surface area contributed by atoms with E-state index >= 15 is 0 Å². The summed E-state index contributed by atoms with van der Waals surface area (Å²) in [5.41, 5.74) is 0.677. The molecule has 3 unspecified atom stereocenters. The molecule has 1 aliphatic heterocycles. The van der Waals surface area contributed by atoms with E-state index in [-0.39, 0.29) is 30.2 Å².